The Morgan fingerprint density at radius 2 is 1.92 bits per heavy atom. The molecule has 10 heteroatoms. The normalized spacial score (nSPS) is 12.2. The number of halogens is 5. The van der Waals surface area contributed by atoms with Crippen molar-refractivity contribution < 1.29 is 26.7 Å². The molecule has 5 nitrogen and oxygen atoms in total. The van der Waals surface area contributed by atoms with E-state index in [0.717, 1.165) is 23.3 Å². The lowest BCUT2D eigenvalue weighted by atomic mass is 10.2. The summed E-state index contributed by atoms with van der Waals surface area (Å²) >= 11 is 0. The van der Waals surface area contributed by atoms with Crippen LogP contribution < -0.4 is 21.3 Å². The fourth-order valence-corrected chi connectivity index (χ4v) is 1.81. The average Bonchev–Trinajstić information content (AvgIpc) is 2.53. The van der Waals surface area contributed by atoms with Crippen LogP contribution in [0.1, 0.15) is 5.56 Å². The van der Waals surface area contributed by atoms with Crippen LogP contribution in [0.25, 0.3) is 0 Å². The smallest absolute Gasteiger partial charge is 0.419 e. The Bertz CT molecular complexity index is 779. The van der Waals surface area contributed by atoms with Crippen LogP contribution in [-0.2, 0) is 6.18 Å². The molecule has 0 aliphatic rings. The third-order valence-electron chi connectivity index (χ3n) is 2.96. The Morgan fingerprint density at radius 3 is 2.56 bits per heavy atom. The van der Waals surface area contributed by atoms with E-state index in [-0.39, 0.29) is 23.9 Å². The third kappa shape index (κ3) is 4.80. The minimum atomic E-state index is -4.87. The maximum absolute atomic E-state index is 13.3. The number of hydrogen-bond donors (Lipinski definition) is 2. The number of nitrogens with zero attached hydrogens (tertiary/aromatic N) is 2. The molecule has 0 saturated carbocycles. The monoisotopic (exact) mass is 360 g/mol. The Morgan fingerprint density at radius 1 is 1.20 bits per heavy atom. The van der Waals surface area contributed by atoms with Gasteiger partial charge in [0.25, 0.3) is 5.88 Å². The van der Waals surface area contributed by atoms with Gasteiger partial charge in [0, 0.05) is 12.4 Å². The van der Waals surface area contributed by atoms with Gasteiger partial charge in [0.05, 0.1) is 16.9 Å². The Hall–Kier alpha value is -2.88. The van der Waals surface area contributed by atoms with Crippen molar-refractivity contribution in [3.63, 3.8) is 0 Å². The molecule has 1 aromatic heterocycles. The summed E-state index contributed by atoms with van der Waals surface area (Å²) in [5.74, 6) is 3.19. The highest BCUT2D eigenvalue weighted by Gasteiger charge is 2.34. The highest BCUT2D eigenvalue weighted by atomic mass is 19.4. The number of hydrogen-bond acceptors (Lipinski definition) is 5. The van der Waals surface area contributed by atoms with Gasteiger partial charge in [0.15, 0.2) is 5.82 Å². The van der Waals surface area contributed by atoms with Crippen LogP contribution in [0.5, 0.6) is 5.88 Å². The van der Waals surface area contributed by atoms with E-state index in [1.165, 1.54) is 12.3 Å². The molecule has 0 unspecified atom stereocenters. The van der Waals surface area contributed by atoms with Crippen LogP contribution in [-0.4, -0.2) is 11.6 Å². The molecule has 0 spiro atoms. The van der Waals surface area contributed by atoms with Gasteiger partial charge in [0.1, 0.15) is 12.4 Å². The van der Waals surface area contributed by atoms with E-state index >= 15 is 0 Å². The summed E-state index contributed by atoms with van der Waals surface area (Å²) in [6.45, 7) is -0.311. The molecule has 0 aliphatic carbocycles. The summed E-state index contributed by atoms with van der Waals surface area (Å²) in [5.41, 5.74) is 4.00. The van der Waals surface area contributed by atoms with Crippen LogP contribution in [0.15, 0.2) is 48.4 Å². The van der Waals surface area contributed by atoms with E-state index in [4.69, 9.17) is 16.3 Å². The second-order valence-corrected chi connectivity index (χ2v) is 4.85. The lowest BCUT2D eigenvalue weighted by molar-refractivity contribution is -0.139. The molecule has 2 aromatic rings. The Labute approximate surface area is 139 Å². The van der Waals surface area contributed by atoms with Crippen molar-refractivity contribution in [1.82, 2.24) is 4.98 Å². The third-order valence-corrected chi connectivity index (χ3v) is 2.96. The quantitative estimate of drug-likeness (QED) is 0.487. The maximum atomic E-state index is 13.3. The van der Waals surface area contributed by atoms with Gasteiger partial charge < -0.3 is 10.5 Å². The lowest BCUT2D eigenvalue weighted by Crippen LogP contribution is -2.27. The SMILES string of the molecule is N/C(=C\N(N)c1ccc(F)c(C(F)(F)F)c1)COc1ncccc1F. The molecule has 4 N–H and O–H groups in total. The van der Waals surface area contributed by atoms with Crippen molar-refractivity contribution in [1.29, 1.82) is 0 Å². The van der Waals surface area contributed by atoms with Gasteiger partial charge in [-0.1, -0.05) is 0 Å². The zero-order valence-corrected chi connectivity index (χ0v) is 12.6. The van der Waals surface area contributed by atoms with Crippen LogP contribution >= 0.6 is 0 Å². The molecule has 2 rings (SSSR count). The lowest BCUT2D eigenvalue weighted by Gasteiger charge is -2.17. The van der Waals surface area contributed by atoms with E-state index in [9.17, 15) is 22.0 Å². The fourth-order valence-electron chi connectivity index (χ4n) is 1.81. The average molecular weight is 360 g/mol. The van der Waals surface area contributed by atoms with Crippen molar-refractivity contribution in [3.8, 4) is 5.88 Å². The minimum Gasteiger partial charge on any atom is -0.469 e. The van der Waals surface area contributed by atoms with Gasteiger partial charge in [-0.3, -0.25) is 5.01 Å². The van der Waals surface area contributed by atoms with Crippen molar-refractivity contribution >= 4 is 5.69 Å². The van der Waals surface area contributed by atoms with E-state index in [1.54, 1.807) is 0 Å². The second-order valence-electron chi connectivity index (χ2n) is 4.85. The number of benzene rings is 1. The second kappa shape index (κ2) is 7.34. The molecule has 0 aliphatic heterocycles. The molecule has 0 saturated heterocycles. The molecule has 1 heterocycles. The van der Waals surface area contributed by atoms with Crippen molar-refractivity contribution in [3.05, 3.63) is 65.6 Å². The molecule has 1 aromatic carbocycles. The number of hydrazine groups is 1. The van der Waals surface area contributed by atoms with Gasteiger partial charge in [-0.05, 0) is 30.3 Å². The number of rotatable bonds is 5. The largest absolute Gasteiger partial charge is 0.469 e. The highest BCUT2D eigenvalue weighted by molar-refractivity contribution is 5.51. The van der Waals surface area contributed by atoms with Crippen molar-refractivity contribution in [2.24, 2.45) is 11.6 Å². The van der Waals surface area contributed by atoms with E-state index in [2.05, 4.69) is 4.98 Å². The molecule has 0 amide bonds. The molecule has 0 atom stereocenters. The standard InChI is InChI=1S/C15H13F5N4O/c16-12-4-3-10(6-11(12)15(18,19)20)24(22)7-9(21)8-25-14-13(17)2-1-5-23-14/h1-7H,8,21-22H2/b9-7-. The number of ether oxygens (including phenoxy) is 1. The van der Waals surface area contributed by atoms with Gasteiger partial charge >= 0.3 is 6.18 Å². The molecular weight excluding hydrogens is 347 g/mol. The summed E-state index contributed by atoms with van der Waals surface area (Å²) in [6.07, 6.45) is -2.49. The van der Waals surface area contributed by atoms with Crippen LogP contribution in [0.4, 0.5) is 27.6 Å². The van der Waals surface area contributed by atoms with Crippen LogP contribution in [0.2, 0.25) is 0 Å². The van der Waals surface area contributed by atoms with Gasteiger partial charge in [0.2, 0.25) is 0 Å². The van der Waals surface area contributed by atoms with Crippen LogP contribution in [0.3, 0.4) is 0 Å². The summed E-state index contributed by atoms with van der Waals surface area (Å²) in [6, 6.07) is 4.73. The first-order valence-corrected chi connectivity index (χ1v) is 6.78. The molecule has 134 valence electrons. The molecule has 25 heavy (non-hydrogen) atoms. The van der Waals surface area contributed by atoms with E-state index in [1.807, 2.05) is 0 Å². The predicted molar refractivity (Wildman–Crippen MR) is 80.0 cm³/mol. The first-order valence-electron chi connectivity index (χ1n) is 6.78. The van der Waals surface area contributed by atoms with Gasteiger partial charge in [-0.25, -0.2) is 19.6 Å². The zero-order valence-electron chi connectivity index (χ0n) is 12.6. The fraction of sp³-hybridized carbons (Fsp3) is 0.133. The zero-order chi connectivity index (χ0) is 18.6. The van der Waals surface area contributed by atoms with Crippen molar-refractivity contribution in [2.75, 3.05) is 11.6 Å². The summed E-state index contributed by atoms with van der Waals surface area (Å²) < 4.78 is 69.7. The van der Waals surface area contributed by atoms with E-state index < -0.39 is 23.4 Å². The number of aromatic nitrogens is 1. The number of anilines is 1. The molecule has 0 bridgehead atoms. The first-order chi connectivity index (χ1) is 11.7. The molecule has 0 fully saturated rings. The summed E-state index contributed by atoms with van der Waals surface area (Å²) in [7, 11) is 0. The van der Waals surface area contributed by atoms with E-state index in [0.29, 0.717) is 12.1 Å². The minimum absolute atomic E-state index is 0.0227. The predicted octanol–water partition coefficient (Wildman–Crippen LogP) is 2.94. The molecular formula is C15H13F5N4O. The Kier molecular flexibility index (Phi) is 5.42. The van der Waals surface area contributed by atoms with Gasteiger partial charge in [-0.2, -0.15) is 13.2 Å². The number of pyridine rings is 1. The molecule has 0 radical (unpaired) electrons. The van der Waals surface area contributed by atoms with Crippen molar-refractivity contribution in [2.45, 2.75) is 6.18 Å². The Balaban J connectivity index is 2.11. The first kappa shape index (κ1) is 18.5. The topological polar surface area (TPSA) is 77.4 Å². The van der Waals surface area contributed by atoms with Gasteiger partial charge in [-0.15, -0.1) is 0 Å². The summed E-state index contributed by atoms with van der Waals surface area (Å²) in [4.78, 5) is 3.64. The number of nitrogens with two attached hydrogens (primary N) is 2. The number of alkyl halides is 3. The van der Waals surface area contributed by atoms with Crippen LogP contribution in [0, 0.1) is 11.6 Å². The maximum Gasteiger partial charge on any atom is 0.419 e. The summed E-state index contributed by atoms with van der Waals surface area (Å²) in [5, 5.41) is 0.766. The highest BCUT2D eigenvalue weighted by Crippen LogP contribution is 2.33.